The first kappa shape index (κ1) is 22.6. The van der Waals surface area contributed by atoms with Crippen LogP contribution in [-0.2, 0) is 9.47 Å². The van der Waals surface area contributed by atoms with Crippen molar-refractivity contribution in [1.82, 2.24) is 4.90 Å². The van der Waals surface area contributed by atoms with Gasteiger partial charge in [0.15, 0.2) is 0 Å². The van der Waals surface area contributed by atoms with Crippen LogP contribution in [-0.4, -0.2) is 42.9 Å². The number of hydrogen-bond donors (Lipinski definition) is 0. The number of morpholine rings is 1. The molecule has 2 unspecified atom stereocenters. The Hall–Kier alpha value is -4.35. The first-order chi connectivity index (χ1) is 19.3. The number of ether oxygens (including phenoxy) is 2. The van der Waals surface area contributed by atoms with E-state index in [2.05, 4.69) is 78.9 Å². The van der Waals surface area contributed by atoms with Gasteiger partial charge in [0, 0.05) is 22.3 Å². The Labute approximate surface area is 226 Å². The van der Waals surface area contributed by atoms with E-state index in [0.29, 0.717) is 26.2 Å². The second kappa shape index (κ2) is 8.85. The average molecular weight is 514 g/mol. The number of benzene rings is 4. The third-order valence-corrected chi connectivity index (χ3v) is 8.50. The lowest BCUT2D eigenvalue weighted by atomic mass is 9.89. The third-order valence-electron chi connectivity index (χ3n) is 8.50. The van der Waals surface area contributed by atoms with Gasteiger partial charge in [0.1, 0.15) is 17.8 Å². The van der Waals surface area contributed by atoms with E-state index in [4.69, 9.17) is 13.9 Å². The van der Waals surface area contributed by atoms with Crippen LogP contribution in [0.2, 0.25) is 0 Å². The van der Waals surface area contributed by atoms with Gasteiger partial charge in [-0.2, -0.15) is 0 Å². The maximum Gasteiger partial charge on any atom is 0.410 e. The first-order valence-corrected chi connectivity index (χ1v) is 13.6. The van der Waals surface area contributed by atoms with E-state index in [9.17, 15) is 4.79 Å². The minimum Gasteiger partial charge on any atom is -0.455 e. The summed E-state index contributed by atoms with van der Waals surface area (Å²) in [6, 6.07) is 31.0. The van der Waals surface area contributed by atoms with Gasteiger partial charge in [0.2, 0.25) is 0 Å². The Balaban J connectivity index is 1.08. The van der Waals surface area contributed by atoms with Gasteiger partial charge < -0.3 is 13.9 Å². The van der Waals surface area contributed by atoms with Crippen molar-refractivity contribution in [3.05, 3.63) is 114 Å². The number of para-hydroxylation sites is 2. The number of nitrogens with zero attached hydrogens (tertiary/aromatic N) is 1. The lowest BCUT2D eigenvalue weighted by Crippen LogP contribution is -2.56. The molecule has 0 spiro atoms. The molecule has 192 valence electrons. The Morgan fingerprint density at radius 2 is 1.49 bits per heavy atom. The van der Waals surface area contributed by atoms with Crippen molar-refractivity contribution in [2.24, 2.45) is 0 Å². The third kappa shape index (κ3) is 3.53. The van der Waals surface area contributed by atoms with E-state index in [0.717, 1.165) is 27.5 Å². The quantitative estimate of drug-likeness (QED) is 0.252. The van der Waals surface area contributed by atoms with E-state index >= 15 is 0 Å². The molecule has 0 radical (unpaired) electrons. The van der Waals surface area contributed by atoms with Gasteiger partial charge in [-0.15, -0.1) is 0 Å². The van der Waals surface area contributed by atoms with Gasteiger partial charge >= 0.3 is 6.09 Å². The average Bonchev–Trinajstić information content (AvgIpc) is 3.51. The van der Waals surface area contributed by atoms with Crippen LogP contribution in [0.3, 0.4) is 0 Å². The summed E-state index contributed by atoms with van der Waals surface area (Å²) >= 11 is 0. The summed E-state index contributed by atoms with van der Waals surface area (Å²) in [5.41, 5.74) is 8.96. The Morgan fingerprint density at radius 1 is 0.795 bits per heavy atom. The molecular formula is C34H27NO4. The van der Waals surface area contributed by atoms with Crippen molar-refractivity contribution in [2.75, 3.05) is 19.8 Å². The van der Waals surface area contributed by atoms with E-state index in [1.54, 1.807) is 0 Å². The zero-order chi connectivity index (χ0) is 25.9. The molecule has 5 aromatic rings. The predicted molar refractivity (Wildman–Crippen MR) is 152 cm³/mol. The van der Waals surface area contributed by atoms with Gasteiger partial charge in [-0.3, -0.25) is 4.90 Å². The smallest absolute Gasteiger partial charge is 0.410 e. The lowest BCUT2D eigenvalue weighted by Gasteiger charge is -2.44. The highest BCUT2D eigenvalue weighted by Crippen LogP contribution is 2.45. The summed E-state index contributed by atoms with van der Waals surface area (Å²) < 4.78 is 18.2. The predicted octanol–water partition coefficient (Wildman–Crippen LogP) is 7.39. The Morgan fingerprint density at radius 3 is 2.28 bits per heavy atom. The number of hydrogen-bond acceptors (Lipinski definition) is 4. The fourth-order valence-corrected chi connectivity index (χ4v) is 6.75. The molecule has 39 heavy (non-hydrogen) atoms. The van der Waals surface area contributed by atoms with Crippen molar-refractivity contribution in [1.29, 1.82) is 0 Å². The molecule has 5 nitrogen and oxygen atoms in total. The number of furan rings is 1. The van der Waals surface area contributed by atoms with E-state index in [1.165, 1.54) is 27.8 Å². The van der Waals surface area contributed by atoms with Crippen LogP contribution >= 0.6 is 0 Å². The van der Waals surface area contributed by atoms with Gasteiger partial charge in [-0.05, 0) is 40.3 Å². The maximum atomic E-state index is 13.6. The monoisotopic (exact) mass is 513 g/mol. The van der Waals surface area contributed by atoms with Gasteiger partial charge in [0.25, 0.3) is 0 Å². The van der Waals surface area contributed by atoms with Crippen LogP contribution < -0.4 is 0 Å². The van der Waals surface area contributed by atoms with E-state index in [1.807, 2.05) is 23.1 Å². The molecule has 0 saturated carbocycles. The molecule has 5 heteroatoms. The van der Waals surface area contributed by atoms with E-state index < -0.39 is 0 Å². The topological polar surface area (TPSA) is 51.9 Å². The number of carbonyl (C=O) groups excluding carboxylic acids is 1. The number of rotatable bonds is 3. The normalized spacial score (nSPS) is 20.1. The van der Waals surface area contributed by atoms with Crippen molar-refractivity contribution in [3.8, 4) is 11.1 Å². The molecule has 1 fully saturated rings. The molecule has 3 aliphatic rings. The second-order valence-electron chi connectivity index (χ2n) is 10.6. The molecule has 3 heterocycles. The van der Waals surface area contributed by atoms with Crippen LogP contribution in [0.25, 0.3) is 38.6 Å². The zero-order valence-corrected chi connectivity index (χ0v) is 21.4. The van der Waals surface area contributed by atoms with Crippen molar-refractivity contribution >= 4 is 33.6 Å². The number of carbonyl (C=O) groups is 1. The second-order valence-corrected chi connectivity index (χ2v) is 10.6. The lowest BCUT2D eigenvalue weighted by molar-refractivity contribution is -0.0331. The number of amides is 1. The molecule has 1 amide bonds. The van der Waals surface area contributed by atoms with Crippen molar-refractivity contribution in [2.45, 2.75) is 24.4 Å². The molecule has 2 atom stereocenters. The van der Waals surface area contributed by atoms with Crippen LogP contribution in [0.4, 0.5) is 4.79 Å². The molecule has 1 aliphatic carbocycles. The van der Waals surface area contributed by atoms with E-state index in [-0.39, 0.29) is 24.1 Å². The molecule has 0 N–H and O–H groups in total. The summed E-state index contributed by atoms with van der Waals surface area (Å²) in [5, 5.41) is 2.24. The molecule has 1 aromatic heterocycles. The molecular weight excluding hydrogens is 486 g/mol. The van der Waals surface area contributed by atoms with Crippen molar-refractivity contribution in [3.63, 3.8) is 0 Å². The highest BCUT2D eigenvalue weighted by atomic mass is 16.6. The standard InChI is InChI=1S/C34H27NO4/c36-34(38-20-31-27-10-3-1-8-25(27)26-9-2-4-11-28(26)31)35-22-16-21(17-23(35)19-37-18-22)24-13-7-14-30-29-12-5-6-15-32(29)39-33(24)30/h1-16,22-23,31H,17-20H2. The zero-order valence-electron chi connectivity index (χ0n) is 21.4. The molecule has 2 aliphatic heterocycles. The minimum absolute atomic E-state index is 0.0408. The summed E-state index contributed by atoms with van der Waals surface area (Å²) in [4.78, 5) is 15.5. The van der Waals surface area contributed by atoms with Crippen LogP contribution in [0.15, 0.2) is 101 Å². The van der Waals surface area contributed by atoms with Crippen LogP contribution in [0.1, 0.15) is 29.0 Å². The summed E-state index contributed by atoms with van der Waals surface area (Å²) in [5.74, 6) is 0.0408. The van der Waals surface area contributed by atoms with Gasteiger partial charge in [0.05, 0.1) is 25.3 Å². The highest BCUT2D eigenvalue weighted by molar-refractivity contribution is 6.08. The fraction of sp³-hybridized carbons (Fsp3) is 0.206. The molecule has 4 aromatic carbocycles. The van der Waals surface area contributed by atoms with Crippen LogP contribution in [0.5, 0.6) is 0 Å². The highest BCUT2D eigenvalue weighted by Gasteiger charge is 2.40. The minimum atomic E-state index is -0.271. The molecule has 8 rings (SSSR count). The summed E-state index contributed by atoms with van der Waals surface area (Å²) in [6.45, 7) is 1.27. The Bertz CT molecular complexity index is 1740. The van der Waals surface area contributed by atoms with Gasteiger partial charge in [-0.25, -0.2) is 4.79 Å². The Kier molecular flexibility index (Phi) is 5.13. The summed E-state index contributed by atoms with van der Waals surface area (Å²) in [7, 11) is 0. The van der Waals surface area contributed by atoms with Crippen molar-refractivity contribution < 1.29 is 18.7 Å². The largest absolute Gasteiger partial charge is 0.455 e. The molecule has 1 saturated heterocycles. The number of fused-ring (bicyclic) bond motifs is 8. The van der Waals surface area contributed by atoms with Gasteiger partial charge in [-0.1, -0.05) is 91.0 Å². The summed E-state index contributed by atoms with van der Waals surface area (Å²) in [6.07, 6.45) is 2.59. The maximum absolute atomic E-state index is 13.6. The molecule has 2 bridgehead atoms. The first-order valence-electron chi connectivity index (χ1n) is 13.6. The van der Waals surface area contributed by atoms with Crippen LogP contribution in [0, 0.1) is 0 Å². The fourth-order valence-electron chi connectivity index (χ4n) is 6.75. The SMILES string of the molecule is O=C(OCC1c2ccccc2-c2ccccc21)N1C2C=C(c3cccc4c3oc3ccccc34)CC1COC2.